The van der Waals surface area contributed by atoms with Crippen LogP contribution in [0, 0.1) is 17.3 Å². The normalized spacial score (nSPS) is 34.3. The van der Waals surface area contributed by atoms with E-state index in [-0.39, 0.29) is 0 Å². The molecule has 0 aromatic heterocycles. The number of unbranched alkanes of at least 4 members (excludes halogenated alkanes) is 4. The van der Waals surface area contributed by atoms with Gasteiger partial charge in [0.2, 0.25) is 0 Å². The van der Waals surface area contributed by atoms with Crippen LogP contribution in [0.4, 0.5) is 0 Å². The highest BCUT2D eigenvalue weighted by Crippen LogP contribution is 2.57. The fourth-order valence-corrected chi connectivity index (χ4v) is 4.62. The summed E-state index contributed by atoms with van der Waals surface area (Å²) in [4.78, 5) is 0. The predicted octanol–water partition coefficient (Wildman–Crippen LogP) is 4.76. The first-order valence-electron chi connectivity index (χ1n) is 8.51. The molecule has 0 spiro atoms. The lowest BCUT2D eigenvalue weighted by atomic mass is 9.69. The van der Waals surface area contributed by atoms with Crippen molar-refractivity contribution >= 4 is 0 Å². The summed E-state index contributed by atoms with van der Waals surface area (Å²) in [6, 6.07) is 0. The van der Waals surface area contributed by atoms with Gasteiger partial charge in [0.05, 0.1) is 0 Å². The van der Waals surface area contributed by atoms with E-state index in [1.807, 2.05) is 0 Å². The Hall–Kier alpha value is -0.0400. The average molecular weight is 251 g/mol. The second-order valence-electron chi connectivity index (χ2n) is 6.89. The van der Waals surface area contributed by atoms with Crippen molar-refractivity contribution in [3.05, 3.63) is 0 Å². The molecule has 3 unspecified atom stereocenters. The topological polar surface area (TPSA) is 12.0 Å². The Morgan fingerprint density at radius 1 is 1.06 bits per heavy atom. The first kappa shape index (κ1) is 14.4. The van der Waals surface area contributed by atoms with Gasteiger partial charge in [0.25, 0.3) is 0 Å². The van der Waals surface area contributed by atoms with Crippen LogP contribution in [0.5, 0.6) is 0 Å². The summed E-state index contributed by atoms with van der Waals surface area (Å²) in [6.45, 7) is 7.01. The number of rotatable bonds is 9. The molecule has 0 aromatic rings. The molecule has 2 rings (SSSR count). The van der Waals surface area contributed by atoms with Crippen molar-refractivity contribution in [1.82, 2.24) is 5.32 Å². The predicted molar refractivity (Wildman–Crippen MR) is 79.8 cm³/mol. The maximum atomic E-state index is 3.67. The van der Waals surface area contributed by atoms with Crippen molar-refractivity contribution in [2.24, 2.45) is 17.3 Å². The molecule has 2 aliphatic carbocycles. The monoisotopic (exact) mass is 251 g/mol. The van der Waals surface area contributed by atoms with Crippen LogP contribution >= 0.6 is 0 Å². The van der Waals surface area contributed by atoms with E-state index in [9.17, 15) is 0 Å². The van der Waals surface area contributed by atoms with E-state index >= 15 is 0 Å². The zero-order chi connectivity index (χ0) is 12.8. The smallest absolute Gasteiger partial charge is 0.00105 e. The number of fused-ring (bicyclic) bond motifs is 2. The largest absolute Gasteiger partial charge is 0.316 e. The average Bonchev–Trinajstić information content (AvgIpc) is 2.97. The highest BCUT2D eigenvalue weighted by molar-refractivity contribution is 5.01. The minimum Gasteiger partial charge on any atom is -0.316 e. The molecule has 0 heterocycles. The number of hydrogen-bond donors (Lipinski definition) is 1. The molecule has 106 valence electrons. The van der Waals surface area contributed by atoms with E-state index in [1.54, 1.807) is 12.8 Å². The van der Waals surface area contributed by atoms with Crippen molar-refractivity contribution < 1.29 is 0 Å². The first-order valence-corrected chi connectivity index (χ1v) is 8.51. The lowest BCUT2D eigenvalue weighted by Crippen LogP contribution is -2.38. The van der Waals surface area contributed by atoms with Crippen molar-refractivity contribution in [3.63, 3.8) is 0 Å². The van der Waals surface area contributed by atoms with Gasteiger partial charge in [-0.3, -0.25) is 0 Å². The summed E-state index contributed by atoms with van der Waals surface area (Å²) in [5.41, 5.74) is 0.700. The van der Waals surface area contributed by atoms with Gasteiger partial charge in [0.1, 0.15) is 0 Å². The Balaban J connectivity index is 1.78. The summed E-state index contributed by atoms with van der Waals surface area (Å²) >= 11 is 0. The van der Waals surface area contributed by atoms with Crippen molar-refractivity contribution in [3.8, 4) is 0 Å². The van der Waals surface area contributed by atoms with Crippen LogP contribution in [0.1, 0.15) is 78.1 Å². The van der Waals surface area contributed by atoms with Crippen LogP contribution in [-0.4, -0.2) is 13.1 Å². The van der Waals surface area contributed by atoms with E-state index in [0.717, 1.165) is 18.4 Å². The Morgan fingerprint density at radius 3 is 2.50 bits per heavy atom. The Kier molecular flexibility index (Phi) is 5.54. The molecule has 1 N–H and O–H groups in total. The Labute approximate surface area is 114 Å². The van der Waals surface area contributed by atoms with Gasteiger partial charge >= 0.3 is 0 Å². The third-order valence-corrected chi connectivity index (χ3v) is 5.61. The van der Waals surface area contributed by atoms with Crippen molar-refractivity contribution in [2.75, 3.05) is 13.1 Å². The summed E-state index contributed by atoms with van der Waals surface area (Å²) in [7, 11) is 0. The van der Waals surface area contributed by atoms with Gasteiger partial charge in [-0.1, -0.05) is 52.4 Å². The van der Waals surface area contributed by atoms with E-state index in [2.05, 4.69) is 19.2 Å². The van der Waals surface area contributed by atoms with Crippen LogP contribution in [-0.2, 0) is 0 Å². The highest BCUT2D eigenvalue weighted by atomic mass is 14.9. The Bertz CT molecular complexity index is 238. The first-order chi connectivity index (χ1) is 8.80. The van der Waals surface area contributed by atoms with Gasteiger partial charge < -0.3 is 5.32 Å². The van der Waals surface area contributed by atoms with E-state index in [4.69, 9.17) is 0 Å². The van der Waals surface area contributed by atoms with Gasteiger partial charge in [0, 0.05) is 6.54 Å². The molecule has 2 fully saturated rings. The van der Waals surface area contributed by atoms with Crippen LogP contribution in [0.3, 0.4) is 0 Å². The van der Waals surface area contributed by atoms with E-state index in [1.165, 1.54) is 57.9 Å². The molecule has 0 amide bonds. The van der Waals surface area contributed by atoms with Crippen LogP contribution in [0.25, 0.3) is 0 Å². The van der Waals surface area contributed by atoms with Gasteiger partial charge in [-0.15, -0.1) is 0 Å². The van der Waals surface area contributed by atoms with E-state index < -0.39 is 0 Å². The standard InChI is InChI=1S/C17H33N/c1-3-5-6-7-8-11-17(14-18-4-2)13-15-9-10-16(17)12-15/h15-16,18H,3-14H2,1-2H3. The molecule has 0 radical (unpaired) electrons. The number of nitrogens with one attached hydrogen (secondary N) is 1. The fourth-order valence-electron chi connectivity index (χ4n) is 4.62. The molecule has 0 aromatic carbocycles. The van der Waals surface area contributed by atoms with Gasteiger partial charge in [0.15, 0.2) is 0 Å². The highest BCUT2D eigenvalue weighted by Gasteiger charge is 2.49. The summed E-state index contributed by atoms with van der Waals surface area (Å²) in [6.07, 6.45) is 14.9. The molecular formula is C17H33N. The molecule has 2 aliphatic rings. The van der Waals surface area contributed by atoms with Gasteiger partial charge in [-0.05, 0) is 49.5 Å². The quantitative estimate of drug-likeness (QED) is 0.582. The Morgan fingerprint density at radius 2 is 1.89 bits per heavy atom. The molecule has 2 bridgehead atoms. The molecule has 18 heavy (non-hydrogen) atoms. The molecule has 1 heteroatoms. The molecule has 2 saturated carbocycles. The zero-order valence-corrected chi connectivity index (χ0v) is 12.6. The van der Waals surface area contributed by atoms with Crippen LogP contribution in [0.2, 0.25) is 0 Å². The fraction of sp³-hybridized carbons (Fsp3) is 1.00. The van der Waals surface area contributed by atoms with E-state index in [0.29, 0.717) is 5.41 Å². The maximum Gasteiger partial charge on any atom is 0.00105 e. The van der Waals surface area contributed by atoms with Crippen LogP contribution < -0.4 is 5.32 Å². The SMILES string of the molecule is CCCCCCCC1(CNCC)CC2CCC1C2. The molecule has 0 saturated heterocycles. The zero-order valence-electron chi connectivity index (χ0n) is 12.6. The lowest BCUT2D eigenvalue weighted by Gasteiger charge is -2.38. The second-order valence-corrected chi connectivity index (χ2v) is 6.89. The van der Waals surface area contributed by atoms with Crippen molar-refractivity contribution in [2.45, 2.75) is 78.1 Å². The summed E-state index contributed by atoms with van der Waals surface area (Å²) < 4.78 is 0. The lowest BCUT2D eigenvalue weighted by molar-refractivity contribution is 0.139. The molecule has 1 nitrogen and oxygen atoms in total. The maximum absolute atomic E-state index is 3.67. The van der Waals surface area contributed by atoms with Crippen LogP contribution in [0.15, 0.2) is 0 Å². The third kappa shape index (κ3) is 3.29. The summed E-state index contributed by atoms with van der Waals surface area (Å²) in [5.74, 6) is 2.15. The minimum absolute atomic E-state index is 0.700. The third-order valence-electron chi connectivity index (χ3n) is 5.61. The molecule has 3 atom stereocenters. The minimum atomic E-state index is 0.700. The number of hydrogen-bond acceptors (Lipinski definition) is 1. The van der Waals surface area contributed by atoms with Crippen molar-refractivity contribution in [1.29, 1.82) is 0 Å². The van der Waals surface area contributed by atoms with Gasteiger partial charge in [-0.2, -0.15) is 0 Å². The molecule has 0 aliphatic heterocycles. The summed E-state index contributed by atoms with van der Waals surface area (Å²) in [5, 5.41) is 3.67. The van der Waals surface area contributed by atoms with Gasteiger partial charge in [-0.25, -0.2) is 0 Å². The molecular weight excluding hydrogens is 218 g/mol. The second kappa shape index (κ2) is 6.93.